The zero-order chi connectivity index (χ0) is 22.6. The summed E-state index contributed by atoms with van der Waals surface area (Å²) in [6, 6.07) is 6.43. The number of guanidine groups is 1. The van der Waals surface area contributed by atoms with Crippen molar-refractivity contribution in [3.63, 3.8) is 0 Å². The van der Waals surface area contributed by atoms with Crippen LogP contribution in [0.4, 0.5) is 0 Å². The molecule has 2 heterocycles. The number of nitrogens with zero attached hydrogens (tertiary/aromatic N) is 3. The molecule has 0 saturated carbocycles. The zero-order valence-electron chi connectivity index (χ0n) is 20.4. The van der Waals surface area contributed by atoms with Crippen molar-refractivity contribution in [2.75, 3.05) is 26.3 Å². The molecule has 1 aromatic carbocycles. The highest BCUT2D eigenvalue weighted by Gasteiger charge is 2.24. The van der Waals surface area contributed by atoms with E-state index in [1.165, 1.54) is 16.8 Å². The van der Waals surface area contributed by atoms with Crippen molar-refractivity contribution in [2.24, 2.45) is 12.0 Å². The summed E-state index contributed by atoms with van der Waals surface area (Å²) in [6.45, 7) is 15.5. The van der Waals surface area contributed by atoms with Crippen molar-refractivity contribution in [3.8, 4) is 11.5 Å². The van der Waals surface area contributed by atoms with Crippen LogP contribution in [0.5, 0.6) is 11.5 Å². The van der Waals surface area contributed by atoms with Crippen LogP contribution in [-0.4, -0.2) is 48.1 Å². The summed E-state index contributed by atoms with van der Waals surface area (Å²) in [4.78, 5) is 4.91. The molecule has 1 aliphatic heterocycles. The third-order valence-electron chi connectivity index (χ3n) is 5.85. The minimum Gasteiger partial charge on any atom is -0.486 e. The van der Waals surface area contributed by atoms with Crippen LogP contribution in [0.2, 0.25) is 0 Å². The third kappa shape index (κ3) is 6.30. The second-order valence-electron chi connectivity index (χ2n) is 8.96. The van der Waals surface area contributed by atoms with E-state index in [1.54, 1.807) is 0 Å². The van der Waals surface area contributed by atoms with E-state index < -0.39 is 0 Å². The summed E-state index contributed by atoms with van der Waals surface area (Å²) in [7, 11) is 2.00. The van der Waals surface area contributed by atoms with Crippen LogP contribution in [0.1, 0.15) is 50.2 Å². The average Bonchev–Trinajstić information content (AvgIpc) is 2.98. The van der Waals surface area contributed by atoms with Crippen molar-refractivity contribution >= 4 is 29.9 Å². The Kier molecular flexibility index (Phi) is 9.24. The molecule has 3 rings (SSSR count). The molecule has 2 N–H and O–H groups in total. The van der Waals surface area contributed by atoms with E-state index in [9.17, 15) is 0 Å². The van der Waals surface area contributed by atoms with Gasteiger partial charge >= 0.3 is 0 Å². The molecular weight excluding hydrogens is 517 g/mol. The standard InChI is InChI=1S/C24H37N5O2.HI/c1-8-25-23(27-16(2)13-20-17(3)28-29(7)18(20)4)26-15-24(5,6)19-9-10-21-22(14-19)31-12-11-30-21;/h9-10,14,16H,8,11-13,15H2,1-7H3,(H2,25,26,27);1H. The number of benzene rings is 1. The van der Waals surface area contributed by atoms with Gasteiger partial charge < -0.3 is 20.1 Å². The summed E-state index contributed by atoms with van der Waals surface area (Å²) in [5.41, 5.74) is 4.65. The van der Waals surface area contributed by atoms with Gasteiger partial charge in [0.1, 0.15) is 13.2 Å². The van der Waals surface area contributed by atoms with Crippen LogP contribution in [-0.2, 0) is 18.9 Å². The second kappa shape index (κ2) is 11.2. The number of aliphatic imine (C=N–C) groups is 1. The Hall–Kier alpha value is -1.97. The van der Waals surface area contributed by atoms with E-state index in [-0.39, 0.29) is 35.4 Å². The first kappa shape index (κ1) is 26.3. The number of hydrogen-bond acceptors (Lipinski definition) is 4. The summed E-state index contributed by atoms with van der Waals surface area (Å²) < 4.78 is 13.4. The van der Waals surface area contributed by atoms with Gasteiger partial charge in [-0.1, -0.05) is 19.9 Å². The molecule has 8 heteroatoms. The lowest BCUT2D eigenvalue weighted by molar-refractivity contribution is 0.171. The highest BCUT2D eigenvalue weighted by Crippen LogP contribution is 2.35. The molecule has 0 fully saturated rings. The van der Waals surface area contributed by atoms with E-state index in [4.69, 9.17) is 14.5 Å². The van der Waals surface area contributed by atoms with Gasteiger partial charge in [-0.3, -0.25) is 9.67 Å². The molecule has 1 atom stereocenters. The Morgan fingerprint density at radius 2 is 1.91 bits per heavy atom. The number of aromatic nitrogens is 2. The summed E-state index contributed by atoms with van der Waals surface area (Å²) in [5, 5.41) is 11.5. The number of nitrogens with one attached hydrogen (secondary N) is 2. The van der Waals surface area contributed by atoms with Crippen molar-refractivity contribution in [2.45, 2.75) is 59.4 Å². The van der Waals surface area contributed by atoms with Gasteiger partial charge in [0.05, 0.1) is 12.2 Å². The maximum atomic E-state index is 5.76. The summed E-state index contributed by atoms with van der Waals surface area (Å²) in [6.07, 6.45) is 0.904. The van der Waals surface area contributed by atoms with Crippen molar-refractivity contribution in [1.29, 1.82) is 0 Å². The van der Waals surface area contributed by atoms with Crippen molar-refractivity contribution < 1.29 is 9.47 Å². The number of hydrogen-bond donors (Lipinski definition) is 2. The molecule has 1 aromatic heterocycles. The van der Waals surface area contributed by atoms with E-state index in [0.717, 1.165) is 36.1 Å². The Balaban J connectivity index is 0.00000363. The fraction of sp³-hybridized carbons (Fsp3) is 0.583. The molecule has 1 unspecified atom stereocenters. The van der Waals surface area contributed by atoms with Gasteiger partial charge in [0.2, 0.25) is 0 Å². The fourth-order valence-corrected chi connectivity index (χ4v) is 3.86. The molecule has 178 valence electrons. The van der Waals surface area contributed by atoms with Gasteiger partial charge in [0.15, 0.2) is 17.5 Å². The third-order valence-corrected chi connectivity index (χ3v) is 5.85. The van der Waals surface area contributed by atoms with E-state index in [2.05, 4.69) is 69.4 Å². The zero-order valence-corrected chi connectivity index (χ0v) is 22.7. The predicted octanol–water partition coefficient (Wildman–Crippen LogP) is 3.89. The smallest absolute Gasteiger partial charge is 0.191 e. The highest BCUT2D eigenvalue weighted by atomic mass is 127. The maximum Gasteiger partial charge on any atom is 0.191 e. The van der Waals surface area contributed by atoms with Crippen LogP contribution >= 0.6 is 24.0 Å². The van der Waals surface area contributed by atoms with Gasteiger partial charge in [0.25, 0.3) is 0 Å². The lowest BCUT2D eigenvalue weighted by Crippen LogP contribution is -2.43. The predicted molar refractivity (Wildman–Crippen MR) is 141 cm³/mol. The first-order valence-electron chi connectivity index (χ1n) is 11.1. The van der Waals surface area contributed by atoms with Crippen molar-refractivity contribution in [1.82, 2.24) is 20.4 Å². The van der Waals surface area contributed by atoms with Gasteiger partial charge in [-0.15, -0.1) is 24.0 Å². The van der Waals surface area contributed by atoms with Crippen LogP contribution in [0, 0.1) is 13.8 Å². The highest BCUT2D eigenvalue weighted by molar-refractivity contribution is 14.0. The van der Waals surface area contributed by atoms with E-state index in [0.29, 0.717) is 19.8 Å². The number of rotatable bonds is 7. The molecule has 0 radical (unpaired) electrons. The summed E-state index contributed by atoms with van der Waals surface area (Å²) in [5.74, 6) is 2.47. The molecule has 32 heavy (non-hydrogen) atoms. The van der Waals surface area contributed by atoms with Crippen LogP contribution < -0.4 is 20.1 Å². The molecule has 2 aromatic rings. The Morgan fingerprint density at radius 3 is 2.53 bits per heavy atom. The minimum absolute atomic E-state index is 0. The number of aryl methyl sites for hydroxylation is 2. The van der Waals surface area contributed by atoms with Crippen LogP contribution in [0.3, 0.4) is 0 Å². The van der Waals surface area contributed by atoms with E-state index >= 15 is 0 Å². The number of halogens is 1. The van der Waals surface area contributed by atoms with Crippen molar-refractivity contribution in [3.05, 3.63) is 40.7 Å². The van der Waals surface area contributed by atoms with Gasteiger partial charge in [-0.25, -0.2) is 0 Å². The van der Waals surface area contributed by atoms with Crippen LogP contribution in [0.15, 0.2) is 23.2 Å². The normalized spacial score (nSPS) is 14.5. The lowest BCUT2D eigenvalue weighted by Gasteiger charge is -2.27. The molecular formula is C24H38IN5O2. The number of fused-ring (bicyclic) bond motifs is 1. The monoisotopic (exact) mass is 555 g/mol. The Bertz CT molecular complexity index is 939. The molecule has 0 aliphatic carbocycles. The van der Waals surface area contributed by atoms with Gasteiger partial charge in [-0.05, 0) is 57.4 Å². The molecule has 0 bridgehead atoms. The average molecular weight is 556 g/mol. The van der Waals surface area contributed by atoms with Gasteiger partial charge in [-0.2, -0.15) is 5.10 Å². The summed E-state index contributed by atoms with van der Waals surface area (Å²) >= 11 is 0. The van der Waals surface area contributed by atoms with Crippen LogP contribution in [0.25, 0.3) is 0 Å². The Labute approximate surface area is 209 Å². The maximum absolute atomic E-state index is 5.76. The van der Waals surface area contributed by atoms with Gasteiger partial charge in [0, 0.05) is 30.7 Å². The minimum atomic E-state index is -0.141. The second-order valence-corrected chi connectivity index (χ2v) is 8.96. The Morgan fingerprint density at radius 1 is 1.22 bits per heavy atom. The molecule has 0 amide bonds. The lowest BCUT2D eigenvalue weighted by atomic mass is 9.84. The largest absolute Gasteiger partial charge is 0.486 e. The molecule has 0 spiro atoms. The molecule has 0 saturated heterocycles. The van der Waals surface area contributed by atoms with E-state index in [1.807, 2.05) is 17.8 Å². The SMILES string of the molecule is CCNC(=NCC(C)(C)c1ccc2c(c1)OCCO2)NC(C)Cc1c(C)nn(C)c1C.I. The topological polar surface area (TPSA) is 72.7 Å². The molecule has 7 nitrogen and oxygen atoms in total. The first-order valence-corrected chi connectivity index (χ1v) is 11.1. The quantitative estimate of drug-likeness (QED) is 0.308. The fourth-order valence-electron chi connectivity index (χ4n) is 3.86. The first-order chi connectivity index (χ1) is 14.7. The number of ether oxygens (including phenoxy) is 2. The molecule has 1 aliphatic rings.